The summed E-state index contributed by atoms with van der Waals surface area (Å²) >= 11 is 1.47. The van der Waals surface area contributed by atoms with Crippen LogP contribution in [-0.2, 0) is 4.79 Å². The molecule has 0 aliphatic heterocycles. The lowest BCUT2D eigenvalue weighted by molar-refractivity contribution is -0.118. The normalized spacial score (nSPS) is 15.0. The van der Waals surface area contributed by atoms with Gasteiger partial charge < -0.3 is 9.47 Å². The molecule has 1 aliphatic carbocycles. The fourth-order valence-electron chi connectivity index (χ4n) is 2.79. The Morgan fingerprint density at radius 2 is 2.04 bits per heavy atom. The molecule has 7 heteroatoms. The van der Waals surface area contributed by atoms with Gasteiger partial charge in [0.05, 0.1) is 7.11 Å². The Kier molecular flexibility index (Phi) is 5.63. The van der Waals surface area contributed by atoms with Gasteiger partial charge in [0.15, 0.2) is 6.61 Å². The molecule has 1 N–H and O–H groups in total. The zero-order valence-electron chi connectivity index (χ0n) is 13.7. The Bertz CT molecular complexity index is 683. The van der Waals surface area contributed by atoms with Gasteiger partial charge in [0, 0.05) is 12.0 Å². The Balaban J connectivity index is 1.50. The van der Waals surface area contributed by atoms with Crippen LogP contribution in [-0.4, -0.2) is 29.8 Å². The third kappa shape index (κ3) is 4.44. The third-order valence-electron chi connectivity index (χ3n) is 4.05. The second-order valence-corrected chi connectivity index (χ2v) is 6.81. The van der Waals surface area contributed by atoms with Gasteiger partial charge in [0.1, 0.15) is 16.5 Å². The highest BCUT2D eigenvalue weighted by molar-refractivity contribution is 7.15. The van der Waals surface area contributed by atoms with Gasteiger partial charge in [0.2, 0.25) is 5.13 Å². The first-order valence-corrected chi connectivity index (χ1v) is 8.96. The summed E-state index contributed by atoms with van der Waals surface area (Å²) in [4.78, 5) is 12.0. The fraction of sp³-hybridized carbons (Fsp3) is 0.471. The number of hydrogen-bond acceptors (Lipinski definition) is 6. The lowest BCUT2D eigenvalue weighted by Crippen LogP contribution is -2.20. The van der Waals surface area contributed by atoms with Crippen molar-refractivity contribution in [2.45, 2.75) is 38.0 Å². The van der Waals surface area contributed by atoms with E-state index < -0.39 is 0 Å². The molecule has 1 fully saturated rings. The maximum absolute atomic E-state index is 12.0. The van der Waals surface area contributed by atoms with Crippen LogP contribution in [0.4, 0.5) is 5.13 Å². The zero-order valence-corrected chi connectivity index (χ0v) is 14.5. The van der Waals surface area contributed by atoms with Crippen molar-refractivity contribution in [3.63, 3.8) is 0 Å². The minimum absolute atomic E-state index is 0.0779. The molecule has 1 amide bonds. The summed E-state index contributed by atoms with van der Waals surface area (Å²) in [5.41, 5.74) is 0. The molecule has 1 aromatic heterocycles. The fourth-order valence-corrected chi connectivity index (χ4v) is 3.72. The highest BCUT2D eigenvalue weighted by Gasteiger charge is 2.20. The number of benzene rings is 1. The van der Waals surface area contributed by atoms with E-state index in [1.54, 1.807) is 19.2 Å². The van der Waals surface area contributed by atoms with E-state index in [2.05, 4.69) is 15.5 Å². The molecule has 0 spiro atoms. The van der Waals surface area contributed by atoms with Crippen molar-refractivity contribution in [1.29, 1.82) is 0 Å². The number of hydrogen-bond donors (Lipinski definition) is 1. The van der Waals surface area contributed by atoms with Crippen molar-refractivity contribution in [2.24, 2.45) is 0 Å². The number of carbonyl (C=O) groups excluding carboxylic acids is 1. The molecule has 2 aromatic rings. The van der Waals surface area contributed by atoms with Gasteiger partial charge in [-0.2, -0.15) is 0 Å². The predicted octanol–water partition coefficient (Wildman–Crippen LogP) is 3.61. The number of nitrogens with one attached hydrogen (secondary N) is 1. The number of anilines is 1. The number of rotatable bonds is 6. The number of carbonyl (C=O) groups is 1. The lowest BCUT2D eigenvalue weighted by atomic mass is 9.90. The summed E-state index contributed by atoms with van der Waals surface area (Å²) in [6.45, 7) is -0.0779. The van der Waals surface area contributed by atoms with E-state index in [9.17, 15) is 4.79 Å². The molecule has 1 saturated carbocycles. The third-order valence-corrected chi connectivity index (χ3v) is 5.05. The van der Waals surface area contributed by atoms with Crippen LogP contribution in [0.25, 0.3) is 0 Å². The topological polar surface area (TPSA) is 73.3 Å². The van der Waals surface area contributed by atoms with Crippen LogP contribution < -0.4 is 14.8 Å². The Labute approximate surface area is 145 Å². The quantitative estimate of drug-likeness (QED) is 0.864. The van der Waals surface area contributed by atoms with Crippen LogP contribution >= 0.6 is 11.3 Å². The summed E-state index contributed by atoms with van der Waals surface area (Å²) in [5.74, 6) is 1.53. The zero-order chi connectivity index (χ0) is 16.8. The van der Waals surface area contributed by atoms with Crippen LogP contribution in [0, 0.1) is 0 Å². The number of ether oxygens (including phenoxy) is 2. The summed E-state index contributed by atoms with van der Waals surface area (Å²) < 4.78 is 10.6. The van der Waals surface area contributed by atoms with Crippen LogP contribution in [0.1, 0.15) is 43.0 Å². The Morgan fingerprint density at radius 3 is 2.83 bits per heavy atom. The monoisotopic (exact) mass is 347 g/mol. The van der Waals surface area contributed by atoms with Gasteiger partial charge >= 0.3 is 0 Å². The molecule has 6 nitrogen and oxygen atoms in total. The summed E-state index contributed by atoms with van der Waals surface area (Å²) in [5, 5.41) is 12.6. The van der Waals surface area contributed by atoms with Crippen LogP contribution in [0.2, 0.25) is 0 Å². The van der Waals surface area contributed by atoms with Gasteiger partial charge in [-0.3, -0.25) is 10.1 Å². The average molecular weight is 347 g/mol. The molecule has 1 heterocycles. The first kappa shape index (κ1) is 16.7. The number of methoxy groups -OCH3 is 1. The SMILES string of the molecule is COc1cccc(OCC(=O)Nc2nnc(C3CCCCC3)s2)c1. The average Bonchev–Trinajstić information content (AvgIpc) is 3.09. The molecule has 0 radical (unpaired) electrons. The van der Waals surface area contributed by atoms with Crippen LogP contribution in [0.15, 0.2) is 24.3 Å². The van der Waals surface area contributed by atoms with Crippen LogP contribution in [0.3, 0.4) is 0 Å². The minimum atomic E-state index is -0.246. The molecule has 24 heavy (non-hydrogen) atoms. The van der Waals surface area contributed by atoms with Crippen molar-refractivity contribution in [3.8, 4) is 11.5 Å². The van der Waals surface area contributed by atoms with Gasteiger partial charge in [-0.25, -0.2) is 0 Å². The largest absolute Gasteiger partial charge is 0.497 e. The first-order chi connectivity index (χ1) is 11.7. The second kappa shape index (κ2) is 8.10. The predicted molar refractivity (Wildman–Crippen MR) is 92.9 cm³/mol. The second-order valence-electron chi connectivity index (χ2n) is 5.80. The standard InChI is InChI=1S/C17H21N3O3S/c1-22-13-8-5-9-14(10-13)23-11-15(21)18-17-20-19-16(24-17)12-6-3-2-4-7-12/h5,8-10,12H,2-4,6-7,11H2,1H3,(H,18,20,21). The van der Waals surface area contributed by atoms with Crippen molar-refractivity contribution in [1.82, 2.24) is 10.2 Å². The Morgan fingerprint density at radius 1 is 1.25 bits per heavy atom. The van der Waals surface area contributed by atoms with Crippen molar-refractivity contribution < 1.29 is 14.3 Å². The van der Waals surface area contributed by atoms with Gasteiger partial charge in [-0.15, -0.1) is 10.2 Å². The van der Waals surface area contributed by atoms with Crippen LogP contribution in [0.5, 0.6) is 11.5 Å². The van der Waals surface area contributed by atoms with E-state index in [1.165, 1.54) is 43.4 Å². The van der Waals surface area contributed by atoms with Crippen molar-refractivity contribution in [3.05, 3.63) is 29.3 Å². The molecule has 1 aliphatic rings. The number of aromatic nitrogens is 2. The van der Waals surface area contributed by atoms with Crippen molar-refractivity contribution >= 4 is 22.4 Å². The molecule has 3 rings (SSSR count). The molecule has 0 bridgehead atoms. The van der Waals surface area contributed by atoms with E-state index in [4.69, 9.17) is 9.47 Å². The molecular weight excluding hydrogens is 326 g/mol. The van der Waals surface area contributed by atoms with E-state index >= 15 is 0 Å². The summed E-state index contributed by atoms with van der Waals surface area (Å²) in [6, 6.07) is 7.15. The van der Waals surface area contributed by atoms with E-state index in [0.29, 0.717) is 22.5 Å². The maximum Gasteiger partial charge on any atom is 0.264 e. The van der Waals surface area contributed by atoms with Gasteiger partial charge in [0.25, 0.3) is 5.91 Å². The maximum atomic E-state index is 12.0. The van der Waals surface area contributed by atoms with E-state index in [-0.39, 0.29) is 12.5 Å². The van der Waals surface area contributed by atoms with E-state index in [1.807, 2.05) is 12.1 Å². The first-order valence-electron chi connectivity index (χ1n) is 8.14. The van der Waals surface area contributed by atoms with Gasteiger partial charge in [-0.1, -0.05) is 36.7 Å². The smallest absolute Gasteiger partial charge is 0.264 e. The molecular formula is C17H21N3O3S. The van der Waals surface area contributed by atoms with E-state index in [0.717, 1.165) is 5.01 Å². The highest BCUT2D eigenvalue weighted by Crippen LogP contribution is 2.35. The highest BCUT2D eigenvalue weighted by atomic mass is 32.1. The van der Waals surface area contributed by atoms with Crippen molar-refractivity contribution in [2.75, 3.05) is 19.0 Å². The minimum Gasteiger partial charge on any atom is -0.497 e. The van der Waals surface area contributed by atoms with Gasteiger partial charge in [-0.05, 0) is 25.0 Å². The number of nitrogens with zero attached hydrogens (tertiary/aromatic N) is 2. The summed E-state index contributed by atoms with van der Waals surface area (Å²) in [6.07, 6.45) is 6.14. The molecule has 0 atom stereocenters. The molecule has 0 saturated heterocycles. The molecule has 128 valence electrons. The molecule has 0 unspecified atom stereocenters. The number of amides is 1. The lowest BCUT2D eigenvalue weighted by Gasteiger charge is -2.18. The molecule has 1 aromatic carbocycles. The summed E-state index contributed by atoms with van der Waals surface area (Å²) in [7, 11) is 1.59. The Hall–Kier alpha value is -2.15.